The summed E-state index contributed by atoms with van der Waals surface area (Å²) in [5, 5.41) is 4.83. The van der Waals surface area contributed by atoms with Crippen LogP contribution in [0.25, 0.3) is 0 Å². The molecule has 4 rings (SSSR count). The molecule has 5 heteroatoms. The number of amides is 2. The average Bonchev–Trinajstić information content (AvgIpc) is 3.05. The van der Waals surface area contributed by atoms with Crippen LogP contribution in [0.2, 0.25) is 0 Å². The molecule has 0 aliphatic carbocycles. The van der Waals surface area contributed by atoms with Crippen molar-refractivity contribution in [2.45, 2.75) is 25.6 Å². The van der Waals surface area contributed by atoms with Gasteiger partial charge in [0.2, 0.25) is 0 Å². The van der Waals surface area contributed by atoms with Gasteiger partial charge in [0.15, 0.2) is 0 Å². The molecule has 1 saturated heterocycles. The minimum atomic E-state index is -0.685. The molecule has 2 N–H and O–H groups in total. The molecular weight excluding hydrogens is 362 g/mol. The molecule has 2 atom stereocenters. The van der Waals surface area contributed by atoms with E-state index in [-0.39, 0.29) is 17.9 Å². The van der Waals surface area contributed by atoms with Crippen LogP contribution in [0.5, 0.6) is 0 Å². The summed E-state index contributed by atoms with van der Waals surface area (Å²) in [5.74, 6) is -0.473. The summed E-state index contributed by atoms with van der Waals surface area (Å²) in [6.45, 7) is 2.59. The molecule has 1 heterocycles. The normalized spacial score (nSPS) is 19.0. The van der Waals surface area contributed by atoms with Gasteiger partial charge in [0.25, 0.3) is 11.8 Å². The van der Waals surface area contributed by atoms with Crippen molar-refractivity contribution < 1.29 is 9.59 Å². The Labute approximate surface area is 170 Å². The molecule has 1 aliphatic rings. The molecule has 0 spiro atoms. The van der Waals surface area contributed by atoms with Crippen molar-refractivity contribution in [3.05, 3.63) is 107 Å². The van der Waals surface area contributed by atoms with Crippen LogP contribution in [-0.2, 0) is 11.3 Å². The van der Waals surface area contributed by atoms with Gasteiger partial charge in [-0.05, 0) is 30.2 Å². The first-order valence-corrected chi connectivity index (χ1v) is 9.65. The first kappa shape index (κ1) is 18.9. The van der Waals surface area contributed by atoms with E-state index in [9.17, 15) is 9.59 Å². The second-order valence-corrected chi connectivity index (χ2v) is 7.26. The number of aryl methyl sites for hydroxylation is 1. The van der Waals surface area contributed by atoms with E-state index in [4.69, 9.17) is 0 Å². The number of hydrazine groups is 1. The highest BCUT2D eigenvalue weighted by Crippen LogP contribution is 2.29. The van der Waals surface area contributed by atoms with Crippen molar-refractivity contribution >= 4 is 11.8 Å². The molecule has 0 unspecified atom stereocenters. The number of hydrogen-bond donors (Lipinski definition) is 2. The van der Waals surface area contributed by atoms with Crippen LogP contribution in [0.4, 0.5) is 0 Å². The lowest BCUT2D eigenvalue weighted by Gasteiger charge is -2.26. The first-order valence-electron chi connectivity index (χ1n) is 9.65. The molecule has 0 bridgehead atoms. The lowest BCUT2D eigenvalue weighted by atomic mass is 9.99. The zero-order chi connectivity index (χ0) is 20.2. The Kier molecular flexibility index (Phi) is 5.40. The zero-order valence-corrected chi connectivity index (χ0v) is 16.2. The lowest BCUT2D eigenvalue weighted by Crippen LogP contribution is -2.43. The third-order valence-corrected chi connectivity index (χ3v) is 5.12. The predicted octanol–water partition coefficient (Wildman–Crippen LogP) is 3.38. The summed E-state index contributed by atoms with van der Waals surface area (Å²) in [4.78, 5) is 25.5. The van der Waals surface area contributed by atoms with Crippen LogP contribution in [0, 0.1) is 6.92 Å². The SMILES string of the molecule is Cc1ccc(CN2NC(=O)[C@@H](NC(=O)c3ccccc3)[C@@H]2c2ccccc2)cc1. The van der Waals surface area contributed by atoms with Gasteiger partial charge >= 0.3 is 0 Å². The average molecular weight is 385 g/mol. The van der Waals surface area contributed by atoms with E-state index < -0.39 is 6.04 Å². The summed E-state index contributed by atoms with van der Waals surface area (Å²) in [5.41, 5.74) is 6.73. The second-order valence-electron chi connectivity index (χ2n) is 7.26. The minimum absolute atomic E-state index is 0.213. The largest absolute Gasteiger partial charge is 0.338 e. The van der Waals surface area contributed by atoms with E-state index >= 15 is 0 Å². The van der Waals surface area contributed by atoms with Crippen molar-refractivity contribution in [1.82, 2.24) is 15.8 Å². The van der Waals surface area contributed by atoms with Crippen LogP contribution in [0.1, 0.15) is 33.1 Å². The number of carbonyl (C=O) groups excluding carboxylic acids is 2. The van der Waals surface area contributed by atoms with Gasteiger partial charge in [-0.25, -0.2) is 5.01 Å². The van der Waals surface area contributed by atoms with Crippen LogP contribution in [-0.4, -0.2) is 22.9 Å². The fraction of sp³-hybridized carbons (Fsp3) is 0.167. The highest BCUT2D eigenvalue weighted by molar-refractivity contribution is 5.98. The smallest absolute Gasteiger partial charge is 0.258 e. The van der Waals surface area contributed by atoms with Gasteiger partial charge in [-0.3, -0.25) is 15.0 Å². The summed E-state index contributed by atoms with van der Waals surface area (Å²) in [6.07, 6.45) is 0. The number of carbonyl (C=O) groups is 2. The maximum Gasteiger partial charge on any atom is 0.258 e. The van der Waals surface area contributed by atoms with Crippen LogP contribution in [0.15, 0.2) is 84.9 Å². The van der Waals surface area contributed by atoms with Crippen molar-refractivity contribution in [3.63, 3.8) is 0 Å². The third kappa shape index (κ3) is 4.20. The molecular formula is C24H23N3O2. The van der Waals surface area contributed by atoms with Gasteiger partial charge in [0, 0.05) is 12.1 Å². The number of nitrogens with zero attached hydrogens (tertiary/aromatic N) is 1. The zero-order valence-electron chi connectivity index (χ0n) is 16.2. The number of nitrogens with one attached hydrogen (secondary N) is 2. The standard InChI is InChI=1S/C24H23N3O2/c1-17-12-14-18(15-13-17)16-27-22(19-8-4-2-5-9-19)21(24(29)26-27)25-23(28)20-10-6-3-7-11-20/h2-15,21-22H,16H2,1H3,(H,25,28)(H,26,29)/t21-,22-/m0/s1. The van der Waals surface area contributed by atoms with Gasteiger partial charge in [0.05, 0.1) is 6.04 Å². The Morgan fingerprint density at radius 3 is 2.21 bits per heavy atom. The molecule has 5 nitrogen and oxygen atoms in total. The molecule has 1 fully saturated rings. The molecule has 29 heavy (non-hydrogen) atoms. The minimum Gasteiger partial charge on any atom is -0.338 e. The van der Waals surface area contributed by atoms with Gasteiger partial charge in [-0.15, -0.1) is 0 Å². The summed E-state index contributed by atoms with van der Waals surface area (Å²) in [6, 6.07) is 26.0. The maximum atomic E-state index is 12.8. The van der Waals surface area contributed by atoms with Crippen molar-refractivity contribution in [1.29, 1.82) is 0 Å². The Morgan fingerprint density at radius 2 is 1.55 bits per heavy atom. The predicted molar refractivity (Wildman–Crippen MR) is 112 cm³/mol. The van der Waals surface area contributed by atoms with Gasteiger partial charge in [-0.1, -0.05) is 78.4 Å². The van der Waals surface area contributed by atoms with E-state index in [1.807, 2.05) is 60.5 Å². The molecule has 0 aromatic heterocycles. The van der Waals surface area contributed by atoms with E-state index in [0.29, 0.717) is 12.1 Å². The van der Waals surface area contributed by atoms with Crippen LogP contribution >= 0.6 is 0 Å². The van der Waals surface area contributed by atoms with E-state index in [1.165, 1.54) is 5.56 Å². The Bertz CT molecular complexity index is 988. The van der Waals surface area contributed by atoms with Crippen molar-refractivity contribution in [2.24, 2.45) is 0 Å². The van der Waals surface area contributed by atoms with Gasteiger partial charge in [0.1, 0.15) is 6.04 Å². The lowest BCUT2D eigenvalue weighted by molar-refractivity contribution is -0.122. The van der Waals surface area contributed by atoms with Crippen molar-refractivity contribution in [3.8, 4) is 0 Å². The number of benzene rings is 3. The topological polar surface area (TPSA) is 61.4 Å². The first-order chi connectivity index (χ1) is 14.1. The summed E-state index contributed by atoms with van der Waals surface area (Å²) in [7, 11) is 0. The van der Waals surface area contributed by atoms with Crippen LogP contribution in [0.3, 0.4) is 0 Å². The molecule has 146 valence electrons. The van der Waals surface area contributed by atoms with Crippen molar-refractivity contribution in [2.75, 3.05) is 0 Å². The Balaban J connectivity index is 1.61. The Morgan fingerprint density at radius 1 is 0.931 bits per heavy atom. The van der Waals surface area contributed by atoms with E-state index in [0.717, 1.165) is 11.1 Å². The molecule has 3 aromatic carbocycles. The van der Waals surface area contributed by atoms with E-state index in [2.05, 4.69) is 35.0 Å². The molecule has 3 aromatic rings. The van der Waals surface area contributed by atoms with Gasteiger partial charge in [-0.2, -0.15) is 0 Å². The number of hydrogen-bond acceptors (Lipinski definition) is 3. The second kappa shape index (κ2) is 8.29. The molecule has 2 amide bonds. The molecule has 0 saturated carbocycles. The fourth-order valence-electron chi connectivity index (χ4n) is 3.61. The fourth-order valence-corrected chi connectivity index (χ4v) is 3.61. The van der Waals surface area contributed by atoms with Gasteiger partial charge < -0.3 is 5.32 Å². The monoisotopic (exact) mass is 385 g/mol. The highest BCUT2D eigenvalue weighted by atomic mass is 16.2. The summed E-state index contributed by atoms with van der Waals surface area (Å²) >= 11 is 0. The molecule has 1 aliphatic heterocycles. The third-order valence-electron chi connectivity index (χ3n) is 5.12. The molecule has 0 radical (unpaired) electrons. The van der Waals surface area contributed by atoms with E-state index in [1.54, 1.807) is 12.1 Å². The quantitative estimate of drug-likeness (QED) is 0.708. The maximum absolute atomic E-state index is 12.8. The highest BCUT2D eigenvalue weighted by Gasteiger charge is 2.42. The Hall–Kier alpha value is -3.44. The summed E-state index contributed by atoms with van der Waals surface area (Å²) < 4.78 is 0. The van der Waals surface area contributed by atoms with Crippen LogP contribution < -0.4 is 10.7 Å². The number of rotatable bonds is 5.